The average molecular weight is 357 g/mol. The van der Waals surface area contributed by atoms with Crippen LogP contribution in [0.25, 0.3) is 0 Å². The molecule has 0 saturated carbocycles. The molecule has 1 aliphatic rings. The summed E-state index contributed by atoms with van der Waals surface area (Å²) in [6.07, 6.45) is 11.7. The van der Waals surface area contributed by atoms with E-state index in [1.807, 2.05) is 0 Å². The van der Waals surface area contributed by atoms with E-state index in [0.717, 1.165) is 39.0 Å². The van der Waals surface area contributed by atoms with Gasteiger partial charge >= 0.3 is 0 Å². The molecule has 0 aromatic carbocycles. The SMILES string of the molecule is CCCCCCCCCCCC(=O)CN1CCN(CC(O)CO)CC1. The molecule has 0 amide bonds. The fourth-order valence-electron chi connectivity index (χ4n) is 3.45. The molecule has 0 bridgehead atoms. The van der Waals surface area contributed by atoms with Crippen LogP contribution in [0.1, 0.15) is 71.1 Å². The molecule has 1 fully saturated rings. The van der Waals surface area contributed by atoms with Crippen LogP contribution in [0.3, 0.4) is 0 Å². The van der Waals surface area contributed by atoms with E-state index < -0.39 is 6.10 Å². The molecule has 0 aromatic heterocycles. The van der Waals surface area contributed by atoms with Gasteiger partial charge < -0.3 is 10.2 Å². The van der Waals surface area contributed by atoms with Gasteiger partial charge in [0.25, 0.3) is 0 Å². The van der Waals surface area contributed by atoms with Crippen LogP contribution in [0.15, 0.2) is 0 Å². The molecule has 1 saturated heterocycles. The first-order valence-electron chi connectivity index (χ1n) is 10.4. The zero-order valence-electron chi connectivity index (χ0n) is 16.3. The molecule has 1 heterocycles. The Hall–Kier alpha value is -0.490. The molecule has 0 aliphatic carbocycles. The zero-order chi connectivity index (χ0) is 18.3. The first-order chi connectivity index (χ1) is 12.2. The fraction of sp³-hybridized carbons (Fsp3) is 0.950. The van der Waals surface area contributed by atoms with Gasteiger partial charge in [-0.1, -0.05) is 58.3 Å². The summed E-state index contributed by atoms with van der Waals surface area (Å²) in [5, 5.41) is 18.4. The van der Waals surface area contributed by atoms with Crippen LogP contribution >= 0.6 is 0 Å². The van der Waals surface area contributed by atoms with Gasteiger partial charge in [-0.2, -0.15) is 0 Å². The summed E-state index contributed by atoms with van der Waals surface area (Å²) in [5.74, 6) is 0.367. The summed E-state index contributed by atoms with van der Waals surface area (Å²) in [6.45, 7) is 6.65. The second-order valence-corrected chi connectivity index (χ2v) is 7.53. The first kappa shape index (κ1) is 22.6. The van der Waals surface area contributed by atoms with Gasteiger partial charge in [-0.05, 0) is 6.42 Å². The molecular weight excluding hydrogens is 316 g/mol. The van der Waals surface area contributed by atoms with E-state index in [-0.39, 0.29) is 6.61 Å². The summed E-state index contributed by atoms with van der Waals surface area (Å²) in [6, 6.07) is 0. The molecule has 2 N–H and O–H groups in total. The van der Waals surface area contributed by atoms with Crippen molar-refractivity contribution >= 4 is 5.78 Å². The van der Waals surface area contributed by atoms with Crippen LogP contribution in [0.2, 0.25) is 0 Å². The third-order valence-corrected chi connectivity index (χ3v) is 5.10. The number of β-amino-alcohol motifs (C(OH)–C–C–N with tert-alkyl or cyclic N) is 1. The Morgan fingerprint density at radius 1 is 0.880 bits per heavy atom. The molecule has 1 rings (SSSR count). The lowest BCUT2D eigenvalue weighted by Gasteiger charge is -2.35. The van der Waals surface area contributed by atoms with E-state index in [1.54, 1.807) is 0 Å². The Bertz CT molecular complexity index is 331. The molecule has 0 radical (unpaired) electrons. The molecule has 148 valence electrons. The van der Waals surface area contributed by atoms with Gasteiger partial charge in [-0.15, -0.1) is 0 Å². The van der Waals surface area contributed by atoms with Crippen LogP contribution < -0.4 is 0 Å². The number of aliphatic hydroxyl groups is 2. The number of carbonyl (C=O) groups is 1. The van der Waals surface area contributed by atoms with Crippen molar-refractivity contribution in [1.29, 1.82) is 0 Å². The van der Waals surface area contributed by atoms with Crippen molar-refractivity contribution in [2.24, 2.45) is 0 Å². The molecule has 25 heavy (non-hydrogen) atoms. The molecule has 1 atom stereocenters. The number of unbranched alkanes of at least 4 members (excludes halogenated alkanes) is 8. The minimum Gasteiger partial charge on any atom is -0.394 e. The largest absolute Gasteiger partial charge is 0.394 e. The molecule has 1 aliphatic heterocycles. The van der Waals surface area contributed by atoms with Crippen molar-refractivity contribution in [1.82, 2.24) is 9.80 Å². The monoisotopic (exact) mass is 356 g/mol. The lowest BCUT2D eigenvalue weighted by Crippen LogP contribution is -2.50. The van der Waals surface area contributed by atoms with Crippen molar-refractivity contribution in [2.45, 2.75) is 77.2 Å². The van der Waals surface area contributed by atoms with Gasteiger partial charge in [0.2, 0.25) is 0 Å². The van der Waals surface area contributed by atoms with Crippen LogP contribution in [-0.2, 0) is 4.79 Å². The van der Waals surface area contributed by atoms with Gasteiger partial charge in [0.1, 0.15) is 5.78 Å². The summed E-state index contributed by atoms with van der Waals surface area (Å²) in [7, 11) is 0. The lowest BCUT2D eigenvalue weighted by atomic mass is 10.1. The number of aliphatic hydroxyl groups excluding tert-OH is 2. The van der Waals surface area contributed by atoms with Gasteiger partial charge in [0.15, 0.2) is 0 Å². The lowest BCUT2D eigenvalue weighted by molar-refractivity contribution is -0.120. The molecule has 5 heteroatoms. The van der Waals surface area contributed by atoms with E-state index >= 15 is 0 Å². The highest BCUT2D eigenvalue weighted by atomic mass is 16.3. The summed E-state index contributed by atoms with van der Waals surface area (Å²) in [4.78, 5) is 16.5. The topological polar surface area (TPSA) is 64.0 Å². The van der Waals surface area contributed by atoms with Crippen molar-refractivity contribution in [3.8, 4) is 0 Å². The number of hydrogen-bond acceptors (Lipinski definition) is 5. The van der Waals surface area contributed by atoms with Crippen LogP contribution in [0.5, 0.6) is 0 Å². The number of rotatable bonds is 15. The zero-order valence-corrected chi connectivity index (χ0v) is 16.3. The maximum absolute atomic E-state index is 12.1. The average Bonchev–Trinajstić information content (AvgIpc) is 2.62. The number of Topliss-reactive ketones (excluding diaryl/α,β-unsaturated/α-hetero) is 1. The predicted octanol–water partition coefficient (Wildman–Crippen LogP) is 2.45. The third kappa shape index (κ3) is 11.7. The van der Waals surface area contributed by atoms with E-state index in [9.17, 15) is 9.90 Å². The van der Waals surface area contributed by atoms with Crippen molar-refractivity contribution in [3.05, 3.63) is 0 Å². The van der Waals surface area contributed by atoms with Gasteiger partial charge in [-0.3, -0.25) is 14.6 Å². The summed E-state index contributed by atoms with van der Waals surface area (Å²) in [5.41, 5.74) is 0. The van der Waals surface area contributed by atoms with Crippen molar-refractivity contribution < 1.29 is 15.0 Å². The predicted molar refractivity (Wildman–Crippen MR) is 103 cm³/mol. The van der Waals surface area contributed by atoms with Crippen LogP contribution in [0.4, 0.5) is 0 Å². The Labute approximate surface area is 154 Å². The second-order valence-electron chi connectivity index (χ2n) is 7.53. The van der Waals surface area contributed by atoms with Gasteiger partial charge in [0.05, 0.1) is 19.3 Å². The molecular formula is C20H40N2O3. The number of piperazine rings is 1. The smallest absolute Gasteiger partial charge is 0.146 e. The Morgan fingerprint density at radius 3 is 1.96 bits per heavy atom. The molecule has 1 unspecified atom stereocenters. The van der Waals surface area contributed by atoms with E-state index in [1.165, 1.54) is 51.4 Å². The normalized spacial score (nSPS) is 17.7. The standard InChI is InChI=1S/C20H40N2O3/c1-2-3-4-5-6-7-8-9-10-11-19(24)16-21-12-14-22(15-13-21)17-20(25)18-23/h20,23,25H,2-18H2,1H3. The minimum absolute atomic E-state index is 0.183. The number of carbonyl (C=O) groups excluding carboxylic acids is 1. The fourth-order valence-corrected chi connectivity index (χ4v) is 3.45. The van der Waals surface area contributed by atoms with Crippen LogP contribution in [0, 0.1) is 0 Å². The highest BCUT2D eigenvalue weighted by molar-refractivity contribution is 5.80. The van der Waals surface area contributed by atoms with Gasteiger partial charge in [-0.25, -0.2) is 0 Å². The van der Waals surface area contributed by atoms with E-state index in [2.05, 4.69) is 16.7 Å². The first-order valence-corrected chi connectivity index (χ1v) is 10.4. The molecule has 0 aromatic rings. The minimum atomic E-state index is -0.653. The molecule has 5 nitrogen and oxygen atoms in total. The van der Waals surface area contributed by atoms with Crippen molar-refractivity contribution in [2.75, 3.05) is 45.9 Å². The highest BCUT2D eigenvalue weighted by Gasteiger charge is 2.20. The second kappa shape index (κ2) is 14.7. The quantitative estimate of drug-likeness (QED) is 0.441. The third-order valence-electron chi connectivity index (χ3n) is 5.10. The van der Waals surface area contributed by atoms with Crippen molar-refractivity contribution in [3.63, 3.8) is 0 Å². The van der Waals surface area contributed by atoms with Gasteiger partial charge in [0, 0.05) is 39.1 Å². The number of ketones is 1. The highest BCUT2D eigenvalue weighted by Crippen LogP contribution is 2.11. The maximum atomic E-state index is 12.1. The maximum Gasteiger partial charge on any atom is 0.146 e. The van der Waals surface area contributed by atoms with E-state index in [0.29, 0.717) is 18.9 Å². The number of hydrogen-bond donors (Lipinski definition) is 2. The Morgan fingerprint density at radius 2 is 1.40 bits per heavy atom. The van der Waals surface area contributed by atoms with E-state index in [4.69, 9.17) is 5.11 Å². The Balaban J connectivity index is 1.95. The van der Waals surface area contributed by atoms with Crippen LogP contribution in [-0.4, -0.2) is 77.8 Å². The summed E-state index contributed by atoms with van der Waals surface area (Å²) >= 11 is 0. The molecule has 0 spiro atoms. The Kier molecular flexibility index (Phi) is 13.2. The summed E-state index contributed by atoms with van der Waals surface area (Å²) < 4.78 is 0. The number of nitrogens with zero attached hydrogens (tertiary/aromatic N) is 2.